The topological polar surface area (TPSA) is 35.1 Å². The number of aromatic nitrogens is 1. The van der Waals surface area contributed by atoms with E-state index in [9.17, 15) is 0 Å². The van der Waals surface area contributed by atoms with Crippen LogP contribution >= 0.6 is 22.9 Å². The van der Waals surface area contributed by atoms with Crippen LogP contribution in [0.4, 0.5) is 0 Å². The van der Waals surface area contributed by atoms with E-state index in [1.807, 2.05) is 6.92 Å². The van der Waals surface area contributed by atoms with Crippen LogP contribution in [0.5, 0.6) is 0 Å². The van der Waals surface area contributed by atoms with E-state index in [2.05, 4.69) is 59.7 Å². The molecule has 3 saturated heterocycles. The zero-order chi connectivity index (χ0) is 22.4. The Morgan fingerprint density at radius 3 is 1.53 bits per heavy atom. The summed E-state index contributed by atoms with van der Waals surface area (Å²) in [5.41, 5.74) is 0. The standard InChI is InChI=1S/C7H15N.C6H14N2.C5H11NO.C4H4ClNS/c2*1-7-3-5-8(2)6-4-7;1-6-2-4-7-5-3-6;1-3-2-6-4(5)7-3/h7H,3-6H2,1-2H3;3-6H2,1-2H3;2-5H2,1H3;2H,1H3. The fraction of sp³-hybridized carbons (Fsp3) is 0.864. The summed E-state index contributed by atoms with van der Waals surface area (Å²) in [6, 6.07) is 0. The van der Waals surface area contributed by atoms with Gasteiger partial charge in [-0.3, -0.25) is 0 Å². The molecule has 0 N–H and O–H groups in total. The molecule has 0 amide bonds. The summed E-state index contributed by atoms with van der Waals surface area (Å²) in [5.74, 6) is 0.978. The molecule has 0 atom stereocenters. The van der Waals surface area contributed by atoms with E-state index in [1.165, 1.54) is 63.4 Å². The first-order valence-corrected chi connectivity index (χ1v) is 12.4. The Morgan fingerprint density at radius 2 is 1.27 bits per heavy atom. The van der Waals surface area contributed by atoms with Crippen molar-refractivity contribution in [3.8, 4) is 0 Å². The summed E-state index contributed by atoms with van der Waals surface area (Å²) < 4.78 is 5.72. The highest BCUT2D eigenvalue weighted by Gasteiger charge is 2.10. The average molecular weight is 462 g/mol. The summed E-state index contributed by atoms with van der Waals surface area (Å²) in [6.07, 6.45) is 4.56. The van der Waals surface area contributed by atoms with Crippen molar-refractivity contribution in [2.75, 3.05) is 93.8 Å². The van der Waals surface area contributed by atoms with Crippen molar-refractivity contribution in [1.82, 2.24) is 24.6 Å². The molecule has 3 fully saturated rings. The summed E-state index contributed by atoms with van der Waals surface area (Å²) >= 11 is 6.96. The lowest BCUT2D eigenvalue weighted by Crippen LogP contribution is -2.42. The van der Waals surface area contributed by atoms with E-state index in [-0.39, 0.29) is 0 Å². The van der Waals surface area contributed by atoms with Gasteiger partial charge in [0, 0.05) is 50.3 Å². The molecule has 0 saturated carbocycles. The van der Waals surface area contributed by atoms with Gasteiger partial charge in [-0.15, -0.1) is 11.3 Å². The van der Waals surface area contributed by atoms with Gasteiger partial charge in [0.05, 0.1) is 13.2 Å². The minimum absolute atomic E-state index is 0.623. The summed E-state index contributed by atoms with van der Waals surface area (Å²) in [6.45, 7) is 15.9. The lowest BCUT2D eigenvalue weighted by atomic mass is 10.00. The molecule has 0 spiro atoms. The molecule has 30 heavy (non-hydrogen) atoms. The zero-order valence-corrected chi connectivity index (χ0v) is 21.6. The monoisotopic (exact) mass is 461 g/mol. The molecule has 4 rings (SSSR count). The number of aryl methyl sites for hydroxylation is 1. The number of likely N-dealkylation sites (tertiary alicyclic amines) is 1. The lowest BCUT2D eigenvalue weighted by Gasteiger charge is -2.28. The number of piperidine rings is 1. The van der Waals surface area contributed by atoms with Crippen LogP contribution in [0.1, 0.15) is 24.6 Å². The van der Waals surface area contributed by atoms with Crippen LogP contribution in [-0.2, 0) is 4.74 Å². The average Bonchev–Trinajstić information content (AvgIpc) is 3.11. The van der Waals surface area contributed by atoms with Crippen LogP contribution in [0.15, 0.2) is 6.20 Å². The quantitative estimate of drug-likeness (QED) is 0.590. The molecule has 1 aromatic heterocycles. The van der Waals surface area contributed by atoms with Gasteiger partial charge in [0.2, 0.25) is 0 Å². The van der Waals surface area contributed by atoms with Gasteiger partial charge >= 0.3 is 0 Å². The summed E-state index contributed by atoms with van der Waals surface area (Å²) in [7, 11) is 8.66. The Labute approximate surface area is 194 Å². The second-order valence-electron chi connectivity index (χ2n) is 8.73. The fourth-order valence-corrected chi connectivity index (χ4v) is 3.92. The predicted octanol–water partition coefficient (Wildman–Crippen LogP) is 3.27. The van der Waals surface area contributed by atoms with Crippen LogP contribution in [0.25, 0.3) is 0 Å². The van der Waals surface area contributed by atoms with Crippen LogP contribution in [0.2, 0.25) is 4.47 Å². The van der Waals surface area contributed by atoms with Crippen molar-refractivity contribution < 1.29 is 4.74 Å². The predicted molar refractivity (Wildman–Crippen MR) is 131 cm³/mol. The first-order valence-electron chi connectivity index (χ1n) is 11.2. The highest BCUT2D eigenvalue weighted by molar-refractivity contribution is 7.15. The first-order chi connectivity index (χ1) is 14.3. The van der Waals surface area contributed by atoms with E-state index in [1.54, 1.807) is 6.20 Å². The molecule has 3 aliphatic rings. The summed E-state index contributed by atoms with van der Waals surface area (Å²) in [5, 5.41) is 0. The van der Waals surface area contributed by atoms with Crippen molar-refractivity contribution in [1.29, 1.82) is 0 Å². The molecule has 0 radical (unpaired) electrons. The number of piperazine rings is 1. The third-order valence-corrected chi connectivity index (χ3v) is 6.59. The lowest BCUT2D eigenvalue weighted by molar-refractivity contribution is 0.0503. The number of rotatable bonds is 0. The largest absolute Gasteiger partial charge is 0.379 e. The van der Waals surface area contributed by atoms with E-state index >= 15 is 0 Å². The van der Waals surface area contributed by atoms with Crippen molar-refractivity contribution in [3.05, 3.63) is 15.5 Å². The second-order valence-corrected chi connectivity index (χ2v) is 10.5. The van der Waals surface area contributed by atoms with E-state index in [4.69, 9.17) is 16.3 Å². The maximum atomic E-state index is 5.47. The van der Waals surface area contributed by atoms with Crippen molar-refractivity contribution >= 4 is 22.9 Å². The third-order valence-electron chi connectivity index (χ3n) is 5.56. The van der Waals surface area contributed by atoms with E-state index in [0.717, 1.165) is 37.1 Å². The van der Waals surface area contributed by atoms with Gasteiger partial charge in [0.15, 0.2) is 4.47 Å². The molecule has 176 valence electrons. The van der Waals surface area contributed by atoms with E-state index in [0.29, 0.717) is 4.47 Å². The number of morpholine rings is 1. The van der Waals surface area contributed by atoms with Crippen LogP contribution < -0.4 is 0 Å². The normalized spacial score (nSPS) is 22.1. The third kappa shape index (κ3) is 14.7. The van der Waals surface area contributed by atoms with Crippen molar-refractivity contribution in [3.63, 3.8) is 0 Å². The molecular formula is C22H44ClN5OS. The molecule has 1 aromatic rings. The maximum Gasteiger partial charge on any atom is 0.183 e. The Bertz CT molecular complexity index is 469. The minimum Gasteiger partial charge on any atom is -0.379 e. The van der Waals surface area contributed by atoms with Gasteiger partial charge in [0.25, 0.3) is 0 Å². The van der Waals surface area contributed by atoms with Crippen LogP contribution in [0.3, 0.4) is 0 Å². The van der Waals surface area contributed by atoms with Gasteiger partial charge < -0.3 is 24.3 Å². The molecule has 8 heteroatoms. The smallest absolute Gasteiger partial charge is 0.183 e. The molecule has 0 aliphatic carbocycles. The highest BCUT2D eigenvalue weighted by atomic mass is 35.5. The summed E-state index contributed by atoms with van der Waals surface area (Å²) in [4.78, 5) is 14.3. The number of hydrogen-bond acceptors (Lipinski definition) is 7. The van der Waals surface area contributed by atoms with Gasteiger partial charge in [-0.05, 0) is 67.0 Å². The van der Waals surface area contributed by atoms with Crippen LogP contribution in [-0.4, -0.2) is 118 Å². The number of ether oxygens (including phenoxy) is 1. The molecule has 6 nitrogen and oxygen atoms in total. The Kier molecular flexibility index (Phi) is 15.1. The second kappa shape index (κ2) is 16.4. The Hall–Kier alpha value is -0.280. The first kappa shape index (κ1) is 27.8. The van der Waals surface area contributed by atoms with Gasteiger partial charge in [-0.25, -0.2) is 4.98 Å². The molecule has 0 aromatic carbocycles. The SMILES string of the molecule is CC1CCN(C)CC1.CN1CCN(C)CC1.CN1CCOCC1.Cc1cnc(Cl)s1. The molecule has 0 unspecified atom stereocenters. The number of hydrogen-bond donors (Lipinski definition) is 0. The molecule has 3 aliphatic heterocycles. The minimum atomic E-state index is 0.623. The molecule has 4 heterocycles. The van der Waals surface area contributed by atoms with Crippen molar-refractivity contribution in [2.24, 2.45) is 5.92 Å². The molecular weight excluding hydrogens is 418 g/mol. The number of nitrogens with zero attached hydrogens (tertiary/aromatic N) is 5. The Morgan fingerprint density at radius 1 is 0.833 bits per heavy atom. The Balaban J connectivity index is 0.000000200. The van der Waals surface area contributed by atoms with E-state index < -0.39 is 0 Å². The zero-order valence-electron chi connectivity index (χ0n) is 20.1. The highest BCUT2D eigenvalue weighted by Crippen LogP contribution is 2.15. The number of halogens is 1. The number of thiazole rings is 1. The van der Waals surface area contributed by atoms with Crippen LogP contribution in [0, 0.1) is 12.8 Å². The van der Waals surface area contributed by atoms with Gasteiger partial charge in [-0.1, -0.05) is 18.5 Å². The maximum absolute atomic E-state index is 5.47. The number of likely N-dealkylation sites (N-methyl/N-ethyl adjacent to an activating group) is 3. The van der Waals surface area contributed by atoms with Gasteiger partial charge in [-0.2, -0.15) is 0 Å². The molecule has 0 bridgehead atoms. The van der Waals surface area contributed by atoms with Gasteiger partial charge in [0.1, 0.15) is 0 Å². The van der Waals surface area contributed by atoms with Crippen molar-refractivity contribution in [2.45, 2.75) is 26.7 Å². The fourth-order valence-electron chi connectivity index (χ4n) is 3.03.